The van der Waals surface area contributed by atoms with Crippen molar-refractivity contribution in [2.24, 2.45) is 4.99 Å². The van der Waals surface area contributed by atoms with Gasteiger partial charge in [0.2, 0.25) is 0 Å². The molecule has 0 N–H and O–H groups in total. The number of hydrogen-bond acceptors (Lipinski definition) is 3. The summed E-state index contributed by atoms with van der Waals surface area (Å²) in [7, 11) is 1.90. The number of nitrogens with zero attached hydrogens (tertiary/aromatic N) is 4. The molecule has 0 bridgehead atoms. The Morgan fingerprint density at radius 1 is 1.55 bits per heavy atom. The minimum absolute atomic E-state index is 0.112. The Bertz CT molecular complexity index is 633. The van der Waals surface area contributed by atoms with Crippen LogP contribution in [0.4, 0.5) is 16.2 Å². The third-order valence-corrected chi connectivity index (χ3v) is 3.84. The maximum absolute atomic E-state index is 12.4. The minimum atomic E-state index is -0.526. The molecule has 0 spiro atoms. The molecule has 2 rings (SSSR count). The van der Waals surface area contributed by atoms with Crippen molar-refractivity contribution in [1.29, 1.82) is 0 Å². The molecule has 1 aliphatic heterocycles. The largest absolute Gasteiger partial charge is 0.363 e. The Morgan fingerprint density at radius 2 is 2.27 bits per heavy atom. The van der Waals surface area contributed by atoms with Crippen molar-refractivity contribution < 1.29 is 9.72 Å². The van der Waals surface area contributed by atoms with Crippen molar-refractivity contribution in [3.8, 4) is 0 Å². The first-order valence-corrected chi connectivity index (χ1v) is 7.36. The van der Waals surface area contributed by atoms with Crippen LogP contribution in [0.25, 0.3) is 0 Å². The topological polar surface area (TPSA) is 79.0 Å². The van der Waals surface area contributed by atoms with E-state index < -0.39 is 11.0 Å². The van der Waals surface area contributed by atoms with Crippen LogP contribution in [0.3, 0.4) is 0 Å². The minimum Gasteiger partial charge on any atom is -0.363 e. The number of benzene rings is 1. The fourth-order valence-corrected chi connectivity index (χ4v) is 2.62. The molecule has 0 atom stereocenters. The van der Waals surface area contributed by atoms with Gasteiger partial charge in [0.05, 0.1) is 15.6 Å². The Kier molecular flexibility index (Phi) is 4.97. The second kappa shape index (κ2) is 6.74. The second-order valence-electron chi connectivity index (χ2n) is 4.97. The molecule has 0 aromatic heterocycles. The molecule has 2 amide bonds. The zero-order valence-electron chi connectivity index (χ0n) is 12.5. The highest BCUT2D eigenvalue weighted by Gasteiger charge is 2.21. The molecule has 0 aliphatic carbocycles. The number of anilines is 1. The molecular formula is C14H17ClN4O3. The van der Waals surface area contributed by atoms with Crippen LogP contribution in [0.2, 0.25) is 5.02 Å². The molecule has 1 heterocycles. The fourth-order valence-electron chi connectivity index (χ4n) is 2.34. The lowest BCUT2D eigenvalue weighted by molar-refractivity contribution is -0.384. The number of carbonyl (C=O) groups excluding carboxylic acids is 1. The van der Waals surface area contributed by atoms with Crippen LogP contribution in [-0.4, -0.2) is 41.8 Å². The van der Waals surface area contributed by atoms with Crippen LogP contribution in [0, 0.1) is 10.1 Å². The smallest absolute Gasteiger partial charge is 0.349 e. The lowest BCUT2D eigenvalue weighted by Gasteiger charge is -2.20. The van der Waals surface area contributed by atoms with Crippen molar-refractivity contribution in [3.63, 3.8) is 0 Å². The highest BCUT2D eigenvalue weighted by atomic mass is 35.5. The van der Waals surface area contributed by atoms with E-state index in [2.05, 4.69) is 4.99 Å². The molecule has 7 nitrogen and oxygen atoms in total. The number of nitro benzene ring substituents is 1. The first-order valence-electron chi connectivity index (χ1n) is 6.98. The Balaban J connectivity index is 2.28. The molecule has 1 aromatic rings. The molecular weight excluding hydrogens is 308 g/mol. The summed E-state index contributed by atoms with van der Waals surface area (Å²) in [6.45, 7) is 3.06. The van der Waals surface area contributed by atoms with Gasteiger partial charge in [0.25, 0.3) is 5.69 Å². The SMILES string of the molecule is CCN(C(=O)/N=C1/CCCN1C)c1ccc([N+](=O)[O-])cc1Cl. The van der Waals surface area contributed by atoms with Gasteiger partial charge >= 0.3 is 6.03 Å². The van der Waals surface area contributed by atoms with Crippen molar-refractivity contribution >= 4 is 34.8 Å². The quantitative estimate of drug-likeness (QED) is 0.631. The summed E-state index contributed by atoms with van der Waals surface area (Å²) >= 11 is 6.08. The average molecular weight is 325 g/mol. The lowest BCUT2D eigenvalue weighted by atomic mass is 10.2. The van der Waals surface area contributed by atoms with Gasteiger partial charge in [-0.2, -0.15) is 4.99 Å². The summed E-state index contributed by atoms with van der Waals surface area (Å²) in [6.07, 6.45) is 1.75. The number of halogens is 1. The van der Waals surface area contributed by atoms with Crippen LogP contribution in [0.1, 0.15) is 19.8 Å². The zero-order valence-corrected chi connectivity index (χ0v) is 13.2. The number of amidine groups is 1. The number of likely N-dealkylation sites (tertiary alicyclic amines) is 1. The average Bonchev–Trinajstić information content (AvgIpc) is 2.86. The first-order chi connectivity index (χ1) is 10.4. The highest BCUT2D eigenvalue weighted by Crippen LogP contribution is 2.30. The highest BCUT2D eigenvalue weighted by molar-refractivity contribution is 6.34. The van der Waals surface area contributed by atoms with E-state index in [0.29, 0.717) is 12.2 Å². The van der Waals surface area contributed by atoms with Crippen molar-refractivity contribution in [2.75, 3.05) is 25.0 Å². The summed E-state index contributed by atoms with van der Waals surface area (Å²) in [5, 5.41) is 10.9. The summed E-state index contributed by atoms with van der Waals surface area (Å²) in [6, 6.07) is 3.62. The van der Waals surface area contributed by atoms with Crippen LogP contribution in [0.15, 0.2) is 23.2 Å². The molecule has 1 aliphatic rings. The molecule has 8 heteroatoms. The van der Waals surface area contributed by atoms with Gasteiger partial charge in [0.1, 0.15) is 5.84 Å². The van der Waals surface area contributed by atoms with Gasteiger partial charge in [-0.15, -0.1) is 0 Å². The van der Waals surface area contributed by atoms with E-state index >= 15 is 0 Å². The van der Waals surface area contributed by atoms with Crippen LogP contribution in [-0.2, 0) is 0 Å². The lowest BCUT2D eigenvalue weighted by Crippen LogP contribution is -2.30. The van der Waals surface area contributed by atoms with E-state index in [1.807, 2.05) is 11.9 Å². The zero-order chi connectivity index (χ0) is 16.3. The van der Waals surface area contributed by atoms with Gasteiger partial charge in [-0.3, -0.25) is 15.0 Å². The molecule has 118 valence electrons. The number of nitro groups is 1. The van der Waals surface area contributed by atoms with Crippen molar-refractivity contribution in [1.82, 2.24) is 4.90 Å². The maximum Gasteiger partial charge on any atom is 0.349 e. The number of hydrogen-bond donors (Lipinski definition) is 0. The van der Waals surface area contributed by atoms with Crippen molar-refractivity contribution in [3.05, 3.63) is 33.3 Å². The van der Waals surface area contributed by atoms with E-state index in [1.54, 1.807) is 6.92 Å². The Labute approximate surface area is 133 Å². The molecule has 1 fully saturated rings. The molecule has 1 saturated heterocycles. The standard InChI is InChI=1S/C14H17ClN4O3/c1-3-18(14(20)16-13-5-4-8-17(13)2)12-7-6-10(19(21)22)9-11(12)15/h6-7,9H,3-5,8H2,1-2H3/b16-13-. The van der Waals surface area contributed by atoms with Crippen LogP contribution in [0.5, 0.6) is 0 Å². The van der Waals surface area contributed by atoms with Gasteiger partial charge in [0.15, 0.2) is 0 Å². The second-order valence-corrected chi connectivity index (χ2v) is 5.38. The van der Waals surface area contributed by atoms with Gasteiger partial charge in [-0.25, -0.2) is 4.79 Å². The van der Waals surface area contributed by atoms with E-state index in [0.717, 1.165) is 25.2 Å². The number of aliphatic imine (C=N–C) groups is 1. The van der Waals surface area contributed by atoms with Crippen molar-refractivity contribution in [2.45, 2.75) is 19.8 Å². The van der Waals surface area contributed by atoms with Gasteiger partial charge < -0.3 is 4.90 Å². The monoisotopic (exact) mass is 324 g/mol. The maximum atomic E-state index is 12.4. The molecule has 0 saturated carbocycles. The van der Waals surface area contributed by atoms with Gasteiger partial charge in [0, 0.05) is 38.7 Å². The number of urea groups is 1. The molecule has 1 aromatic carbocycles. The van der Waals surface area contributed by atoms with Gasteiger partial charge in [-0.1, -0.05) is 11.6 Å². The predicted molar refractivity (Wildman–Crippen MR) is 85.8 cm³/mol. The number of non-ortho nitro benzene ring substituents is 1. The fraction of sp³-hybridized carbons (Fsp3) is 0.429. The molecule has 0 radical (unpaired) electrons. The van der Waals surface area contributed by atoms with E-state index in [-0.39, 0.29) is 10.7 Å². The summed E-state index contributed by atoms with van der Waals surface area (Å²) < 4.78 is 0. The summed E-state index contributed by atoms with van der Waals surface area (Å²) in [4.78, 5) is 30.1. The van der Waals surface area contributed by atoms with E-state index in [9.17, 15) is 14.9 Å². The summed E-state index contributed by atoms with van der Waals surface area (Å²) in [5.41, 5.74) is 0.309. The normalized spacial score (nSPS) is 16.1. The third-order valence-electron chi connectivity index (χ3n) is 3.54. The first kappa shape index (κ1) is 16.2. The molecule has 22 heavy (non-hydrogen) atoms. The van der Waals surface area contributed by atoms with E-state index in [4.69, 9.17) is 11.6 Å². The predicted octanol–water partition coefficient (Wildman–Crippen LogP) is 3.32. The number of rotatable bonds is 3. The summed E-state index contributed by atoms with van der Waals surface area (Å²) in [5.74, 6) is 0.751. The Hall–Kier alpha value is -2.15. The van der Waals surface area contributed by atoms with Crippen LogP contribution >= 0.6 is 11.6 Å². The number of carbonyl (C=O) groups is 1. The Morgan fingerprint density at radius 3 is 2.77 bits per heavy atom. The molecule has 0 unspecified atom stereocenters. The van der Waals surface area contributed by atoms with E-state index in [1.165, 1.54) is 23.1 Å². The third kappa shape index (κ3) is 3.36. The van der Waals surface area contributed by atoms with Crippen LogP contribution < -0.4 is 4.90 Å². The number of amides is 2. The van der Waals surface area contributed by atoms with Gasteiger partial charge in [-0.05, 0) is 19.4 Å².